The Morgan fingerprint density at radius 3 is 2.58 bits per heavy atom. The van der Waals surface area contributed by atoms with Crippen LogP contribution >= 0.6 is 11.6 Å². The molecule has 1 fully saturated rings. The van der Waals surface area contributed by atoms with Gasteiger partial charge in [-0.15, -0.1) is 0 Å². The van der Waals surface area contributed by atoms with Crippen LogP contribution in [-0.4, -0.2) is 47.4 Å². The molecule has 2 heterocycles. The van der Waals surface area contributed by atoms with E-state index in [9.17, 15) is 0 Å². The van der Waals surface area contributed by atoms with Crippen molar-refractivity contribution in [1.29, 1.82) is 0 Å². The van der Waals surface area contributed by atoms with Gasteiger partial charge < -0.3 is 14.4 Å². The Labute approximate surface area is 118 Å². The molecule has 1 aromatic rings. The average Bonchev–Trinajstić information content (AvgIpc) is 2.37. The molecule has 0 amide bonds. The van der Waals surface area contributed by atoms with Crippen LogP contribution in [0.15, 0.2) is 0 Å². The largest absolute Gasteiger partial charge is 0.461 e. The van der Waals surface area contributed by atoms with Crippen molar-refractivity contribution in [2.75, 3.05) is 25.2 Å². The third kappa shape index (κ3) is 3.91. The molecule has 19 heavy (non-hydrogen) atoms. The molecule has 1 aliphatic rings. The summed E-state index contributed by atoms with van der Waals surface area (Å²) in [7, 11) is 1.96. The van der Waals surface area contributed by atoms with Crippen molar-refractivity contribution in [2.45, 2.75) is 38.8 Å². The molecule has 6 nitrogen and oxygen atoms in total. The molecule has 0 aliphatic carbocycles. The number of hydrogen-bond acceptors (Lipinski definition) is 6. The Hall–Kier alpha value is -1.14. The minimum Gasteiger partial charge on any atom is -0.461 e. The lowest BCUT2D eigenvalue weighted by molar-refractivity contribution is 0.0851. The number of ether oxygens (including phenoxy) is 2. The van der Waals surface area contributed by atoms with Gasteiger partial charge in [0.25, 0.3) is 0 Å². The lowest BCUT2D eigenvalue weighted by atomic mass is 10.1. The van der Waals surface area contributed by atoms with E-state index < -0.39 is 0 Å². The fourth-order valence-electron chi connectivity index (χ4n) is 1.98. The van der Waals surface area contributed by atoms with Crippen LogP contribution in [-0.2, 0) is 4.74 Å². The first-order chi connectivity index (χ1) is 9.06. The van der Waals surface area contributed by atoms with Gasteiger partial charge in [0.15, 0.2) is 0 Å². The maximum atomic E-state index is 5.92. The maximum Gasteiger partial charge on any atom is 0.322 e. The summed E-state index contributed by atoms with van der Waals surface area (Å²) >= 11 is 5.92. The molecule has 0 atom stereocenters. The predicted octanol–water partition coefficient (Wildman–Crippen LogP) is 1.93. The van der Waals surface area contributed by atoms with E-state index in [0.717, 1.165) is 26.1 Å². The minimum atomic E-state index is -0.000275. The molecule has 1 aliphatic heterocycles. The Morgan fingerprint density at radius 1 is 1.26 bits per heavy atom. The van der Waals surface area contributed by atoms with Gasteiger partial charge in [0.2, 0.25) is 11.2 Å². The number of halogens is 1. The van der Waals surface area contributed by atoms with Crippen LogP contribution in [0.4, 0.5) is 5.95 Å². The van der Waals surface area contributed by atoms with Gasteiger partial charge in [-0.05, 0) is 38.3 Å². The third-order valence-electron chi connectivity index (χ3n) is 2.97. The summed E-state index contributed by atoms with van der Waals surface area (Å²) in [5.41, 5.74) is 0. The quantitative estimate of drug-likeness (QED) is 0.843. The molecule has 1 saturated heterocycles. The monoisotopic (exact) mass is 286 g/mol. The lowest BCUT2D eigenvalue weighted by Gasteiger charge is -2.31. The van der Waals surface area contributed by atoms with Crippen molar-refractivity contribution >= 4 is 17.5 Å². The van der Waals surface area contributed by atoms with E-state index in [0.29, 0.717) is 12.0 Å². The molecule has 1 aromatic heterocycles. The van der Waals surface area contributed by atoms with Gasteiger partial charge in [0.1, 0.15) is 0 Å². The van der Waals surface area contributed by atoms with Crippen LogP contribution < -0.4 is 9.64 Å². The fraction of sp³-hybridized carbons (Fsp3) is 0.750. The van der Waals surface area contributed by atoms with Crippen LogP contribution in [0.3, 0.4) is 0 Å². The maximum absolute atomic E-state index is 5.92. The standard InChI is InChI=1S/C12H19ClN4O2/c1-8(2)19-12-15-10(13)14-11(16-12)17(3)9-4-6-18-7-5-9/h8-9H,4-7H2,1-3H3. The number of aromatic nitrogens is 3. The molecule has 0 spiro atoms. The average molecular weight is 287 g/mol. The summed E-state index contributed by atoms with van der Waals surface area (Å²) in [6, 6.07) is 0.628. The summed E-state index contributed by atoms with van der Waals surface area (Å²) in [5, 5.41) is 0.152. The summed E-state index contributed by atoms with van der Waals surface area (Å²) < 4.78 is 10.8. The molecule has 0 aromatic carbocycles. The SMILES string of the molecule is CC(C)Oc1nc(Cl)nc(N(C)C2CCOCC2)n1. The summed E-state index contributed by atoms with van der Waals surface area (Å²) in [6.07, 6.45) is 1.92. The second kappa shape index (κ2) is 6.34. The van der Waals surface area contributed by atoms with Gasteiger partial charge in [-0.3, -0.25) is 0 Å². The summed E-state index contributed by atoms with van der Waals surface area (Å²) in [6.45, 7) is 5.37. The van der Waals surface area contributed by atoms with E-state index in [1.165, 1.54) is 0 Å². The van der Waals surface area contributed by atoms with Crippen molar-refractivity contribution in [3.8, 4) is 6.01 Å². The van der Waals surface area contributed by atoms with Crippen molar-refractivity contribution < 1.29 is 9.47 Å². The molecule has 0 N–H and O–H groups in total. The third-order valence-corrected chi connectivity index (χ3v) is 3.14. The van der Waals surface area contributed by atoms with Crippen molar-refractivity contribution in [2.24, 2.45) is 0 Å². The highest BCUT2D eigenvalue weighted by Gasteiger charge is 2.22. The Balaban J connectivity index is 2.15. The zero-order valence-corrected chi connectivity index (χ0v) is 12.2. The van der Waals surface area contributed by atoms with Crippen molar-refractivity contribution in [3.63, 3.8) is 0 Å². The van der Waals surface area contributed by atoms with Gasteiger partial charge in [-0.1, -0.05) is 0 Å². The van der Waals surface area contributed by atoms with Crippen LogP contribution in [0, 0.1) is 0 Å². The fourth-order valence-corrected chi connectivity index (χ4v) is 2.13. The van der Waals surface area contributed by atoms with Crippen LogP contribution in [0.1, 0.15) is 26.7 Å². The Kier molecular flexibility index (Phi) is 4.76. The molecule has 7 heteroatoms. The van der Waals surface area contributed by atoms with Gasteiger partial charge >= 0.3 is 6.01 Å². The Bertz CT molecular complexity index is 424. The molecule has 0 saturated carbocycles. The normalized spacial score (nSPS) is 16.7. The molecular weight excluding hydrogens is 268 g/mol. The first-order valence-electron chi connectivity index (χ1n) is 6.45. The van der Waals surface area contributed by atoms with Crippen molar-refractivity contribution in [3.05, 3.63) is 5.28 Å². The second-order valence-electron chi connectivity index (χ2n) is 4.81. The zero-order valence-electron chi connectivity index (χ0n) is 11.5. The molecule has 0 radical (unpaired) electrons. The van der Waals surface area contributed by atoms with Crippen LogP contribution in [0.5, 0.6) is 6.01 Å². The highest BCUT2D eigenvalue weighted by Crippen LogP contribution is 2.20. The molecular formula is C12H19ClN4O2. The van der Waals surface area contributed by atoms with E-state index in [-0.39, 0.29) is 17.4 Å². The van der Waals surface area contributed by atoms with Gasteiger partial charge in [-0.25, -0.2) is 0 Å². The minimum absolute atomic E-state index is 0.000275. The molecule has 0 unspecified atom stereocenters. The topological polar surface area (TPSA) is 60.4 Å². The number of hydrogen-bond donors (Lipinski definition) is 0. The van der Waals surface area contributed by atoms with Gasteiger partial charge in [0.05, 0.1) is 6.10 Å². The first-order valence-corrected chi connectivity index (χ1v) is 6.83. The number of nitrogens with zero attached hydrogens (tertiary/aromatic N) is 4. The lowest BCUT2D eigenvalue weighted by Crippen LogP contribution is -2.37. The highest BCUT2D eigenvalue weighted by molar-refractivity contribution is 6.28. The predicted molar refractivity (Wildman–Crippen MR) is 72.8 cm³/mol. The summed E-state index contributed by atoms with van der Waals surface area (Å²) in [4.78, 5) is 14.5. The number of rotatable bonds is 4. The Morgan fingerprint density at radius 2 is 1.95 bits per heavy atom. The van der Waals surface area contributed by atoms with E-state index in [2.05, 4.69) is 15.0 Å². The van der Waals surface area contributed by atoms with Gasteiger partial charge in [0, 0.05) is 26.3 Å². The van der Waals surface area contributed by atoms with E-state index in [4.69, 9.17) is 21.1 Å². The first kappa shape index (κ1) is 14.3. The molecule has 2 rings (SSSR count). The highest BCUT2D eigenvalue weighted by atomic mass is 35.5. The molecule has 0 bridgehead atoms. The van der Waals surface area contributed by atoms with E-state index >= 15 is 0 Å². The second-order valence-corrected chi connectivity index (χ2v) is 5.15. The zero-order chi connectivity index (χ0) is 13.8. The van der Waals surface area contributed by atoms with Gasteiger partial charge in [-0.2, -0.15) is 15.0 Å². The molecule has 106 valence electrons. The van der Waals surface area contributed by atoms with Crippen LogP contribution in [0.25, 0.3) is 0 Å². The smallest absolute Gasteiger partial charge is 0.322 e. The van der Waals surface area contributed by atoms with E-state index in [1.54, 1.807) is 0 Å². The van der Waals surface area contributed by atoms with Crippen LogP contribution in [0.2, 0.25) is 5.28 Å². The number of anilines is 1. The summed E-state index contributed by atoms with van der Waals surface area (Å²) in [5.74, 6) is 0.544. The van der Waals surface area contributed by atoms with E-state index in [1.807, 2.05) is 25.8 Å². The van der Waals surface area contributed by atoms with Crippen molar-refractivity contribution in [1.82, 2.24) is 15.0 Å².